The van der Waals surface area contributed by atoms with Crippen molar-refractivity contribution in [1.82, 2.24) is 5.32 Å². The summed E-state index contributed by atoms with van der Waals surface area (Å²) in [5, 5.41) is 5.41. The highest BCUT2D eigenvalue weighted by molar-refractivity contribution is 5.97. The summed E-state index contributed by atoms with van der Waals surface area (Å²) in [7, 11) is 0. The van der Waals surface area contributed by atoms with Gasteiger partial charge in [-0.1, -0.05) is 31.2 Å². The Bertz CT molecular complexity index is 798. The Kier molecular flexibility index (Phi) is 7.11. The van der Waals surface area contributed by atoms with Crippen LogP contribution in [0, 0.1) is 0 Å². The number of carbonyl (C=O) groups is 3. The van der Waals surface area contributed by atoms with Crippen LogP contribution in [0.4, 0.5) is 5.69 Å². The molecule has 2 aromatic rings. The van der Waals surface area contributed by atoms with Crippen LogP contribution < -0.4 is 10.6 Å². The number of nitrogens with one attached hydrogen (secondary N) is 2. The molecule has 6 heteroatoms. The third-order valence-electron chi connectivity index (χ3n) is 4.01. The molecule has 0 spiro atoms. The van der Waals surface area contributed by atoms with Crippen LogP contribution in [0.15, 0.2) is 48.5 Å². The van der Waals surface area contributed by atoms with Crippen LogP contribution >= 0.6 is 0 Å². The summed E-state index contributed by atoms with van der Waals surface area (Å²) in [4.78, 5) is 35.3. The van der Waals surface area contributed by atoms with Gasteiger partial charge in [-0.05, 0) is 48.7 Å². The summed E-state index contributed by atoms with van der Waals surface area (Å²) in [5.74, 6) is -1.09. The van der Waals surface area contributed by atoms with Gasteiger partial charge in [-0.25, -0.2) is 4.79 Å². The first-order valence-electron chi connectivity index (χ1n) is 8.83. The van der Waals surface area contributed by atoms with E-state index in [1.165, 1.54) is 19.4 Å². The van der Waals surface area contributed by atoms with Crippen molar-refractivity contribution in [3.05, 3.63) is 65.2 Å². The smallest absolute Gasteiger partial charge is 0.338 e. The number of carbonyl (C=O) groups excluding carboxylic acids is 3. The molecule has 1 atom stereocenters. The van der Waals surface area contributed by atoms with Gasteiger partial charge in [-0.3, -0.25) is 9.59 Å². The summed E-state index contributed by atoms with van der Waals surface area (Å²) in [6.07, 6.45) is -0.00586. The second kappa shape index (κ2) is 9.52. The van der Waals surface area contributed by atoms with E-state index in [1.54, 1.807) is 24.3 Å². The van der Waals surface area contributed by atoms with E-state index in [0.29, 0.717) is 17.8 Å². The van der Waals surface area contributed by atoms with Crippen LogP contribution in [0.2, 0.25) is 0 Å². The maximum atomic E-state index is 12.2. The number of aryl methyl sites for hydroxylation is 1. The van der Waals surface area contributed by atoms with E-state index in [-0.39, 0.29) is 5.91 Å². The van der Waals surface area contributed by atoms with Gasteiger partial charge in [0.15, 0.2) is 6.10 Å². The number of rotatable bonds is 7. The Morgan fingerprint density at radius 2 is 1.56 bits per heavy atom. The lowest BCUT2D eigenvalue weighted by molar-refractivity contribution is -0.123. The lowest BCUT2D eigenvalue weighted by Crippen LogP contribution is -2.30. The van der Waals surface area contributed by atoms with Gasteiger partial charge in [0.2, 0.25) is 5.91 Å². The predicted molar refractivity (Wildman–Crippen MR) is 103 cm³/mol. The molecular formula is C21H24N2O4. The fourth-order valence-corrected chi connectivity index (χ4v) is 2.34. The zero-order valence-corrected chi connectivity index (χ0v) is 15.7. The number of amides is 2. The Morgan fingerprint density at radius 1 is 0.963 bits per heavy atom. The van der Waals surface area contributed by atoms with Gasteiger partial charge in [0.1, 0.15) is 0 Å². The maximum absolute atomic E-state index is 12.2. The third-order valence-corrected chi connectivity index (χ3v) is 4.01. The van der Waals surface area contributed by atoms with Crippen molar-refractivity contribution in [2.45, 2.75) is 39.8 Å². The normalized spacial score (nSPS) is 11.4. The van der Waals surface area contributed by atoms with E-state index in [1.807, 2.05) is 24.3 Å². The minimum Gasteiger partial charge on any atom is -0.449 e. The molecule has 2 aromatic carbocycles. The third kappa shape index (κ3) is 6.26. The van der Waals surface area contributed by atoms with Crippen molar-refractivity contribution in [3.8, 4) is 0 Å². The first kappa shape index (κ1) is 20.2. The van der Waals surface area contributed by atoms with Gasteiger partial charge in [-0.2, -0.15) is 0 Å². The summed E-state index contributed by atoms with van der Waals surface area (Å²) >= 11 is 0. The highest BCUT2D eigenvalue weighted by Crippen LogP contribution is 2.12. The standard InChI is InChI=1S/C21H24N2O4/c1-4-16-7-11-19(12-8-16)23-20(25)14(2)27-21(26)18-9-5-17(6-10-18)13-22-15(3)24/h5-12,14H,4,13H2,1-3H3,(H,22,24)(H,23,25). The highest BCUT2D eigenvalue weighted by Gasteiger charge is 2.19. The molecule has 0 heterocycles. The Hall–Kier alpha value is -3.15. The van der Waals surface area contributed by atoms with E-state index in [9.17, 15) is 14.4 Å². The molecule has 2 amide bonds. The lowest BCUT2D eigenvalue weighted by Gasteiger charge is -2.14. The molecule has 6 nitrogen and oxygen atoms in total. The second-order valence-corrected chi connectivity index (χ2v) is 6.19. The molecule has 2 rings (SSSR count). The van der Waals surface area contributed by atoms with Gasteiger partial charge in [0, 0.05) is 19.2 Å². The molecule has 27 heavy (non-hydrogen) atoms. The fraction of sp³-hybridized carbons (Fsp3) is 0.286. The molecule has 0 aliphatic rings. The number of esters is 1. The van der Waals surface area contributed by atoms with Gasteiger partial charge in [0.25, 0.3) is 5.91 Å². The first-order chi connectivity index (χ1) is 12.9. The predicted octanol–water partition coefficient (Wildman–Crippen LogP) is 3.07. The largest absolute Gasteiger partial charge is 0.449 e. The molecule has 0 aliphatic heterocycles. The minimum atomic E-state index is -0.928. The Morgan fingerprint density at radius 3 is 2.11 bits per heavy atom. The summed E-state index contributed by atoms with van der Waals surface area (Å²) in [5.41, 5.74) is 3.04. The van der Waals surface area contributed by atoms with E-state index < -0.39 is 18.0 Å². The first-order valence-corrected chi connectivity index (χ1v) is 8.83. The monoisotopic (exact) mass is 368 g/mol. The summed E-state index contributed by atoms with van der Waals surface area (Å²) < 4.78 is 5.23. The quantitative estimate of drug-likeness (QED) is 0.736. The lowest BCUT2D eigenvalue weighted by atomic mass is 10.1. The van der Waals surface area contributed by atoms with Crippen molar-refractivity contribution in [1.29, 1.82) is 0 Å². The van der Waals surface area contributed by atoms with Crippen molar-refractivity contribution >= 4 is 23.5 Å². The van der Waals surface area contributed by atoms with Crippen LogP contribution in [0.3, 0.4) is 0 Å². The number of benzene rings is 2. The Balaban J connectivity index is 1.89. The van der Waals surface area contributed by atoms with Gasteiger partial charge in [-0.15, -0.1) is 0 Å². The number of hydrogen-bond acceptors (Lipinski definition) is 4. The zero-order chi connectivity index (χ0) is 19.8. The summed E-state index contributed by atoms with van der Waals surface area (Å²) in [6.45, 7) is 5.41. The SMILES string of the molecule is CCc1ccc(NC(=O)C(C)OC(=O)c2ccc(CNC(C)=O)cc2)cc1. The van der Waals surface area contributed by atoms with Crippen molar-refractivity contribution in [3.63, 3.8) is 0 Å². The van der Waals surface area contributed by atoms with Crippen molar-refractivity contribution in [2.75, 3.05) is 5.32 Å². The Labute approximate surface area is 158 Å². The highest BCUT2D eigenvalue weighted by atomic mass is 16.5. The molecule has 0 aromatic heterocycles. The van der Waals surface area contributed by atoms with Crippen LogP contribution in [-0.2, 0) is 27.3 Å². The van der Waals surface area contributed by atoms with Gasteiger partial charge >= 0.3 is 5.97 Å². The molecule has 0 aliphatic carbocycles. The molecule has 0 saturated heterocycles. The average Bonchev–Trinajstić information content (AvgIpc) is 2.67. The minimum absolute atomic E-state index is 0.123. The van der Waals surface area contributed by atoms with Crippen LogP contribution in [0.1, 0.15) is 42.3 Å². The summed E-state index contributed by atoms with van der Waals surface area (Å²) in [6, 6.07) is 14.2. The van der Waals surface area contributed by atoms with Crippen molar-refractivity contribution in [2.24, 2.45) is 0 Å². The molecule has 0 bridgehead atoms. The molecule has 0 radical (unpaired) electrons. The van der Waals surface area contributed by atoms with Gasteiger partial charge in [0.05, 0.1) is 5.56 Å². The zero-order valence-electron chi connectivity index (χ0n) is 15.7. The molecular weight excluding hydrogens is 344 g/mol. The van der Waals surface area contributed by atoms with Crippen LogP contribution in [0.5, 0.6) is 0 Å². The van der Waals surface area contributed by atoms with Crippen LogP contribution in [0.25, 0.3) is 0 Å². The number of anilines is 1. The van der Waals surface area contributed by atoms with E-state index >= 15 is 0 Å². The topological polar surface area (TPSA) is 84.5 Å². The number of hydrogen-bond donors (Lipinski definition) is 2. The fourth-order valence-electron chi connectivity index (χ4n) is 2.34. The van der Waals surface area contributed by atoms with Crippen LogP contribution in [-0.4, -0.2) is 23.9 Å². The van der Waals surface area contributed by atoms with Crippen molar-refractivity contribution < 1.29 is 19.1 Å². The van der Waals surface area contributed by atoms with E-state index in [4.69, 9.17) is 4.74 Å². The van der Waals surface area contributed by atoms with Gasteiger partial charge < -0.3 is 15.4 Å². The van der Waals surface area contributed by atoms with E-state index in [2.05, 4.69) is 17.6 Å². The molecule has 0 saturated carbocycles. The maximum Gasteiger partial charge on any atom is 0.338 e. The molecule has 2 N–H and O–H groups in total. The molecule has 142 valence electrons. The van der Waals surface area contributed by atoms with E-state index in [0.717, 1.165) is 12.0 Å². The average molecular weight is 368 g/mol. The molecule has 0 fully saturated rings. The molecule has 1 unspecified atom stereocenters. The second-order valence-electron chi connectivity index (χ2n) is 6.19. The number of ether oxygens (including phenoxy) is 1.